The van der Waals surface area contributed by atoms with Crippen molar-refractivity contribution in [2.45, 2.75) is 0 Å². The van der Waals surface area contributed by atoms with E-state index in [1.165, 1.54) is 77.1 Å². The molecule has 0 spiro atoms. The third-order valence-electron chi connectivity index (χ3n) is 11.8. The molecule has 0 saturated carbocycles. The highest BCUT2D eigenvalue weighted by molar-refractivity contribution is 6.11. The Balaban J connectivity index is 1.07. The van der Waals surface area contributed by atoms with E-state index < -0.39 is 0 Å². The summed E-state index contributed by atoms with van der Waals surface area (Å²) in [6.45, 7) is 0. The van der Waals surface area contributed by atoms with Crippen LogP contribution < -0.4 is 4.90 Å². The van der Waals surface area contributed by atoms with E-state index in [1.807, 2.05) is 0 Å². The highest BCUT2D eigenvalue weighted by Gasteiger charge is 2.21. The summed E-state index contributed by atoms with van der Waals surface area (Å²) in [5, 5.41) is 4.89. The van der Waals surface area contributed by atoms with Gasteiger partial charge in [0.1, 0.15) is 0 Å². The maximum atomic E-state index is 2.43. The first-order valence-electron chi connectivity index (χ1n) is 20.6. The SMILES string of the molecule is c1ccc(-c2ccc(N(c3ccc(-c4ccccc4-c4ccccc4)cc3)c3ccc(-c4ccccc4-n4c5ccccc5c5ccccc54)c4ccccc34)cc2)cc1. The smallest absolute Gasteiger partial charge is 0.0541 e. The number of nitrogens with zero attached hydrogens (tertiary/aromatic N) is 2. The van der Waals surface area contributed by atoms with Crippen LogP contribution in [0, 0.1) is 0 Å². The average Bonchev–Trinajstić information content (AvgIpc) is 3.67. The van der Waals surface area contributed by atoms with Crippen molar-refractivity contribution in [3.05, 3.63) is 243 Å². The molecule has 0 aliphatic heterocycles. The summed E-state index contributed by atoms with van der Waals surface area (Å²) in [5.41, 5.74) is 16.5. The lowest BCUT2D eigenvalue weighted by Crippen LogP contribution is -2.10. The monoisotopic (exact) mass is 764 g/mol. The van der Waals surface area contributed by atoms with Gasteiger partial charge >= 0.3 is 0 Å². The number of fused-ring (bicyclic) bond motifs is 4. The molecule has 11 aromatic rings. The number of benzene rings is 10. The first kappa shape index (κ1) is 35.2. The highest BCUT2D eigenvalue weighted by atomic mass is 15.1. The van der Waals surface area contributed by atoms with Crippen LogP contribution in [-0.2, 0) is 0 Å². The average molecular weight is 765 g/mol. The minimum absolute atomic E-state index is 1.09. The van der Waals surface area contributed by atoms with Crippen LogP contribution in [-0.4, -0.2) is 4.57 Å². The molecule has 1 heterocycles. The van der Waals surface area contributed by atoms with Crippen molar-refractivity contribution in [2.75, 3.05) is 4.90 Å². The van der Waals surface area contributed by atoms with Crippen molar-refractivity contribution < 1.29 is 0 Å². The van der Waals surface area contributed by atoms with E-state index in [4.69, 9.17) is 0 Å². The fraction of sp³-hybridized carbons (Fsp3) is 0. The zero-order valence-electron chi connectivity index (χ0n) is 33.0. The molecule has 0 amide bonds. The van der Waals surface area contributed by atoms with Crippen molar-refractivity contribution in [1.29, 1.82) is 0 Å². The first-order valence-corrected chi connectivity index (χ1v) is 20.6. The van der Waals surface area contributed by atoms with Crippen LogP contribution in [0.15, 0.2) is 243 Å². The Morgan fingerprint density at radius 3 is 1.27 bits per heavy atom. The second-order valence-corrected chi connectivity index (χ2v) is 15.3. The molecule has 0 fully saturated rings. The van der Waals surface area contributed by atoms with Gasteiger partial charge in [-0.2, -0.15) is 0 Å². The molecular weight excluding hydrogens is 725 g/mol. The Hall–Kier alpha value is -7.94. The predicted octanol–water partition coefficient (Wildman–Crippen LogP) is 16.1. The van der Waals surface area contributed by atoms with E-state index in [0.717, 1.165) is 22.7 Å². The fourth-order valence-electron chi connectivity index (χ4n) is 9.05. The molecule has 1 aromatic heterocycles. The number of anilines is 3. The number of aromatic nitrogens is 1. The standard InChI is InChI=1S/C58H40N2/c1-3-17-41(18-4-1)42-31-35-45(36-32-42)59(46-37-33-44(34-38-46)48-22-8-7-21-47(48)43-19-5-2-6-20-43)58-40-39-50(49-23-9-10-24-51(49)58)52-25-11-14-28-55(52)60-56-29-15-12-26-53(56)54-27-13-16-30-57(54)60/h1-40H. The molecule has 2 nitrogen and oxygen atoms in total. The van der Waals surface area contributed by atoms with Crippen molar-refractivity contribution >= 4 is 49.6 Å². The van der Waals surface area contributed by atoms with Crippen LogP contribution in [0.4, 0.5) is 17.1 Å². The van der Waals surface area contributed by atoms with Crippen molar-refractivity contribution in [2.24, 2.45) is 0 Å². The zero-order valence-corrected chi connectivity index (χ0v) is 33.0. The van der Waals surface area contributed by atoms with Gasteiger partial charge in [-0.1, -0.05) is 194 Å². The molecule has 0 saturated heterocycles. The second-order valence-electron chi connectivity index (χ2n) is 15.3. The van der Waals surface area contributed by atoms with Crippen molar-refractivity contribution in [1.82, 2.24) is 4.57 Å². The Labute approximate surface area is 350 Å². The molecular formula is C58H40N2. The van der Waals surface area contributed by atoms with Crippen molar-refractivity contribution in [3.63, 3.8) is 0 Å². The van der Waals surface area contributed by atoms with Gasteiger partial charge < -0.3 is 9.47 Å². The first-order chi connectivity index (χ1) is 29.8. The number of hydrogen-bond donors (Lipinski definition) is 0. The molecule has 60 heavy (non-hydrogen) atoms. The molecule has 10 aromatic carbocycles. The minimum atomic E-state index is 1.09. The van der Waals surface area contributed by atoms with E-state index >= 15 is 0 Å². The number of hydrogen-bond acceptors (Lipinski definition) is 1. The third-order valence-corrected chi connectivity index (χ3v) is 11.8. The van der Waals surface area contributed by atoms with Gasteiger partial charge in [0.2, 0.25) is 0 Å². The Bertz CT molecular complexity index is 3240. The molecule has 282 valence electrons. The largest absolute Gasteiger partial charge is 0.310 e. The molecule has 2 heteroatoms. The summed E-state index contributed by atoms with van der Waals surface area (Å²) in [7, 11) is 0. The normalized spacial score (nSPS) is 11.3. The van der Waals surface area contributed by atoms with E-state index in [0.29, 0.717) is 0 Å². The Morgan fingerprint density at radius 1 is 0.250 bits per heavy atom. The van der Waals surface area contributed by atoms with E-state index in [9.17, 15) is 0 Å². The maximum absolute atomic E-state index is 2.43. The Kier molecular flexibility index (Phi) is 8.87. The Morgan fingerprint density at radius 2 is 0.667 bits per heavy atom. The van der Waals surface area contributed by atoms with E-state index in [2.05, 4.69) is 252 Å². The lowest BCUT2D eigenvalue weighted by atomic mass is 9.94. The zero-order chi connectivity index (χ0) is 39.8. The maximum Gasteiger partial charge on any atom is 0.0541 e. The lowest BCUT2D eigenvalue weighted by Gasteiger charge is -2.28. The van der Waals surface area contributed by atoms with Crippen molar-refractivity contribution in [3.8, 4) is 50.2 Å². The summed E-state index contributed by atoms with van der Waals surface area (Å²) >= 11 is 0. The minimum Gasteiger partial charge on any atom is -0.310 e. The van der Waals surface area contributed by atoms with Crippen LogP contribution in [0.25, 0.3) is 82.8 Å². The third kappa shape index (κ3) is 6.14. The summed E-state index contributed by atoms with van der Waals surface area (Å²) in [5.74, 6) is 0. The van der Waals surface area contributed by atoms with Crippen LogP contribution in [0.3, 0.4) is 0 Å². The molecule has 11 rings (SSSR count). The topological polar surface area (TPSA) is 8.17 Å². The van der Waals surface area contributed by atoms with Gasteiger partial charge in [0.15, 0.2) is 0 Å². The highest BCUT2D eigenvalue weighted by Crippen LogP contribution is 2.45. The van der Waals surface area contributed by atoms with Gasteiger partial charge in [0, 0.05) is 33.1 Å². The summed E-state index contributed by atoms with van der Waals surface area (Å²) in [6.07, 6.45) is 0. The molecule has 0 aliphatic rings. The fourth-order valence-corrected chi connectivity index (χ4v) is 9.05. The van der Waals surface area contributed by atoms with Gasteiger partial charge in [0.25, 0.3) is 0 Å². The predicted molar refractivity (Wildman–Crippen MR) is 255 cm³/mol. The van der Waals surface area contributed by atoms with Crippen LogP contribution in [0.1, 0.15) is 0 Å². The second kappa shape index (κ2) is 15.1. The van der Waals surface area contributed by atoms with E-state index in [-0.39, 0.29) is 0 Å². The van der Waals surface area contributed by atoms with Crippen LogP contribution >= 0.6 is 0 Å². The lowest BCUT2D eigenvalue weighted by molar-refractivity contribution is 1.18. The van der Waals surface area contributed by atoms with Gasteiger partial charge in [0.05, 0.1) is 22.4 Å². The number of rotatable bonds is 8. The van der Waals surface area contributed by atoms with Crippen LogP contribution in [0.5, 0.6) is 0 Å². The van der Waals surface area contributed by atoms with Crippen LogP contribution in [0.2, 0.25) is 0 Å². The van der Waals surface area contributed by atoms with Gasteiger partial charge in [-0.15, -0.1) is 0 Å². The molecule has 0 N–H and O–H groups in total. The van der Waals surface area contributed by atoms with Gasteiger partial charge in [-0.05, 0) is 92.9 Å². The number of para-hydroxylation sites is 3. The molecule has 0 unspecified atom stereocenters. The molecule has 0 radical (unpaired) electrons. The summed E-state index contributed by atoms with van der Waals surface area (Å²) in [6, 6.07) is 87.8. The summed E-state index contributed by atoms with van der Waals surface area (Å²) in [4.78, 5) is 2.41. The van der Waals surface area contributed by atoms with Gasteiger partial charge in [-0.3, -0.25) is 0 Å². The summed E-state index contributed by atoms with van der Waals surface area (Å²) < 4.78 is 2.43. The molecule has 0 aliphatic carbocycles. The van der Waals surface area contributed by atoms with E-state index in [1.54, 1.807) is 0 Å². The van der Waals surface area contributed by atoms with Gasteiger partial charge in [-0.25, -0.2) is 0 Å². The quantitative estimate of drug-likeness (QED) is 0.150. The molecule has 0 bridgehead atoms. The molecule has 0 atom stereocenters.